The van der Waals surface area contributed by atoms with E-state index in [1.54, 1.807) is 13.3 Å². The van der Waals surface area contributed by atoms with Crippen molar-refractivity contribution in [2.24, 2.45) is 4.40 Å². The Morgan fingerprint density at radius 2 is 1.95 bits per heavy atom. The topological polar surface area (TPSA) is 47.9 Å². The third kappa shape index (κ3) is 6.41. The van der Waals surface area contributed by atoms with Gasteiger partial charge in [-0.1, -0.05) is 30.3 Å². The van der Waals surface area contributed by atoms with E-state index in [1.807, 2.05) is 51.1 Å². The maximum atomic E-state index is 11.8. The number of ether oxygens (including phenoxy) is 2. The van der Waals surface area contributed by atoms with Crippen LogP contribution >= 0.6 is 0 Å². The molecule has 0 amide bonds. The van der Waals surface area contributed by atoms with Crippen LogP contribution in [0, 0.1) is 0 Å². The summed E-state index contributed by atoms with van der Waals surface area (Å²) in [5.74, 6) is 0. The molecule has 0 aliphatic carbocycles. The van der Waals surface area contributed by atoms with Crippen LogP contribution in [-0.2, 0) is 27.1 Å². The Balaban J connectivity index is 2.40. The first-order chi connectivity index (χ1) is 9.43. The molecule has 0 spiro atoms. The fraction of sp³-hybridized carbons (Fsp3) is 0.533. The molecule has 1 aromatic rings. The SMILES string of the molecule is CO[C@H](C=N[S@](=O)C(C)(C)C)COCc1ccccc1. The fourth-order valence-electron chi connectivity index (χ4n) is 1.32. The minimum Gasteiger partial charge on any atom is -0.374 e. The van der Waals surface area contributed by atoms with Crippen molar-refractivity contribution in [1.29, 1.82) is 0 Å². The van der Waals surface area contributed by atoms with Crippen LogP contribution in [0.4, 0.5) is 0 Å². The van der Waals surface area contributed by atoms with Crippen molar-refractivity contribution in [2.45, 2.75) is 38.2 Å². The highest BCUT2D eigenvalue weighted by atomic mass is 32.2. The molecule has 20 heavy (non-hydrogen) atoms. The van der Waals surface area contributed by atoms with Gasteiger partial charge in [0.25, 0.3) is 0 Å². The Kier molecular flexibility index (Phi) is 7.05. The first-order valence-corrected chi connectivity index (χ1v) is 7.65. The number of benzene rings is 1. The van der Waals surface area contributed by atoms with Gasteiger partial charge in [0, 0.05) is 13.3 Å². The highest BCUT2D eigenvalue weighted by Gasteiger charge is 2.18. The standard InChI is InChI=1S/C15H23NO3S/c1-15(2,3)20(17)16-10-14(18-4)12-19-11-13-8-6-5-7-9-13/h5-10,14H,11-12H2,1-4H3/t14-,20-/m1/s1. The highest BCUT2D eigenvalue weighted by molar-refractivity contribution is 7.85. The summed E-state index contributed by atoms with van der Waals surface area (Å²) in [6, 6.07) is 9.92. The Morgan fingerprint density at radius 1 is 1.30 bits per heavy atom. The summed E-state index contributed by atoms with van der Waals surface area (Å²) in [5.41, 5.74) is 1.11. The van der Waals surface area contributed by atoms with Gasteiger partial charge in [-0.15, -0.1) is 0 Å². The normalized spacial score (nSPS) is 15.4. The van der Waals surface area contributed by atoms with Crippen LogP contribution in [0.15, 0.2) is 34.7 Å². The molecule has 0 radical (unpaired) electrons. The third-order valence-corrected chi connectivity index (χ3v) is 3.90. The molecule has 0 aromatic heterocycles. The molecule has 0 aliphatic rings. The van der Waals surface area contributed by atoms with Gasteiger partial charge in [-0.05, 0) is 26.3 Å². The molecular formula is C15H23NO3S. The highest BCUT2D eigenvalue weighted by Crippen LogP contribution is 2.11. The summed E-state index contributed by atoms with van der Waals surface area (Å²) >= 11 is 0. The van der Waals surface area contributed by atoms with E-state index in [0.29, 0.717) is 13.2 Å². The minimum absolute atomic E-state index is 0.287. The quantitative estimate of drug-likeness (QED) is 0.727. The van der Waals surface area contributed by atoms with Crippen LogP contribution in [0.3, 0.4) is 0 Å². The number of hydrogen-bond acceptors (Lipinski definition) is 3. The van der Waals surface area contributed by atoms with E-state index in [2.05, 4.69) is 4.40 Å². The van der Waals surface area contributed by atoms with E-state index < -0.39 is 11.0 Å². The molecule has 112 valence electrons. The van der Waals surface area contributed by atoms with Crippen molar-refractivity contribution >= 4 is 17.2 Å². The predicted molar refractivity (Wildman–Crippen MR) is 83.3 cm³/mol. The van der Waals surface area contributed by atoms with Crippen molar-refractivity contribution in [3.8, 4) is 0 Å². The van der Waals surface area contributed by atoms with Gasteiger partial charge < -0.3 is 9.47 Å². The lowest BCUT2D eigenvalue weighted by Crippen LogP contribution is -2.23. The third-order valence-electron chi connectivity index (χ3n) is 2.54. The Morgan fingerprint density at radius 3 is 2.50 bits per heavy atom. The van der Waals surface area contributed by atoms with Gasteiger partial charge in [-0.3, -0.25) is 0 Å². The molecule has 1 rings (SSSR count). The summed E-state index contributed by atoms with van der Waals surface area (Å²) in [6.45, 7) is 6.56. The first kappa shape index (κ1) is 17.0. The van der Waals surface area contributed by atoms with Crippen molar-refractivity contribution in [1.82, 2.24) is 0 Å². The van der Waals surface area contributed by atoms with E-state index in [9.17, 15) is 4.21 Å². The summed E-state index contributed by atoms with van der Waals surface area (Å²) in [6.07, 6.45) is 1.27. The van der Waals surface area contributed by atoms with Gasteiger partial charge in [-0.2, -0.15) is 4.40 Å². The van der Waals surface area contributed by atoms with Gasteiger partial charge in [0.15, 0.2) is 0 Å². The molecule has 0 saturated heterocycles. The summed E-state index contributed by atoms with van der Waals surface area (Å²) < 4.78 is 26.3. The van der Waals surface area contributed by atoms with E-state index >= 15 is 0 Å². The van der Waals surface area contributed by atoms with E-state index in [0.717, 1.165) is 5.56 Å². The molecule has 0 unspecified atom stereocenters. The number of rotatable bonds is 7. The van der Waals surface area contributed by atoms with Crippen LogP contribution in [0.5, 0.6) is 0 Å². The molecule has 4 nitrogen and oxygen atoms in total. The molecule has 1 aromatic carbocycles. The molecule has 0 aliphatic heterocycles. The van der Waals surface area contributed by atoms with Crippen molar-refractivity contribution < 1.29 is 13.7 Å². The second-order valence-electron chi connectivity index (χ2n) is 5.39. The molecule has 0 saturated carbocycles. The van der Waals surface area contributed by atoms with Gasteiger partial charge >= 0.3 is 0 Å². The number of nitrogens with zero attached hydrogens (tertiary/aromatic N) is 1. The molecule has 0 heterocycles. The maximum absolute atomic E-state index is 11.8. The van der Waals surface area contributed by atoms with Gasteiger partial charge in [0.05, 0.1) is 18.0 Å². The summed E-state index contributed by atoms with van der Waals surface area (Å²) in [7, 11) is 0.319. The second-order valence-corrected chi connectivity index (χ2v) is 7.32. The lowest BCUT2D eigenvalue weighted by Gasteiger charge is -2.15. The Labute approximate surface area is 123 Å². The largest absolute Gasteiger partial charge is 0.374 e. The van der Waals surface area contributed by atoms with Gasteiger partial charge in [0.2, 0.25) is 0 Å². The Hall–Kier alpha value is -1.04. The van der Waals surface area contributed by atoms with E-state index in [1.165, 1.54) is 0 Å². The molecule has 0 fully saturated rings. The van der Waals surface area contributed by atoms with Crippen molar-refractivity contribution in [3.05, 3.63) is 35.9 Å². The average Bonchev–Trinajstić information content (AvgIpc) is 2.42. The van der Waals surface area contributed by atoms with Crippen LogP contribution in [-0.4, -0.2) is 35.0 Å². The molecule has 2 atom stereocenters. The first-order valence-electron chi connectivity index (χ1n) is 6.54. The summed E-state index contributed by atoms with van der Waals surface area (Å²) in [4.78, 5) is 0. The number of hydrogen-bond donors (Lipinski definition) is 0. The zero-order chi connectivity index (χ0) is 15.0. The predicted octanol–water partition coefficient (Wildman–Crippen LogP) is 2.75. The van der Waals surface area contributed by atoms with Crippen LogP contribution in [0.2, 0.25) is 0 Å². The minimum atomic E-state index is -1.27. The Bertz CT molecular complexity index is 440. The lowest BCUT2D eigenvalue weighted by atomic mass is 10.2. The maximum Gasteiger partial charge on any atom is 0.144 e. The van der Waals surface area contributed by atoms with Crippen molar-refractivity contribution in [2.75, 3.05) is 13.7 Å². The zero-order valence-corrected chi connectivity index (χ0v) is 13.4. The van der Waals surface area contributed by atoms with Gasteiger partial charge in [0.1, 0.15) is 17.1 Å². The number of methoxy groups -OCH3 is 1. The summed E-state index contributed by atoms with van der Waals surface area (Å²) in [5, 5.41) is 0. The van der Waals surface area contributed by atoms with Crippen LogP contribution in [0.25, 0.3) is 0 Å². The monoisotopic (exact) mass is 297 g/mol. The van der Waals surface area contributed by atoms with Crippen molar-refractivity contribution in [3.63, 3.8) is 0 Å². The average molecular weight is 297 g/mol. The zero-order valence-electron chi connectivity index (χ0n) is 12.5. The van der Waals surface area contributed by atoms with E-state index in [-0.39, 0.29) is 10.9 Å². The smallest absolute Gasteiger partial charge is 0.144 e. The fourth-order valence-corrected chi connectivity index (χ4v) is 1.88. The van der Waals surface area contributed by atoms with E-state index in [4.69, 9.17) is 9.47 Å². The molecule has 0 bridgehead atoms. The molecular weight excluding hydrogens is 274 g/mol. The second kappa shape index (κ2) is 8.29. The lowest BCUT2D eigenvalue weighted by molar-refractivity contribution is 0.0370. The molecule has 0 N–H and O–H groups in total. The van der Waals surface area contributed by atoms with Crippen LogP contribution in [0.1, 0.15) is 26.3 Å². The molecule has 5 heteroatoms. The van der Waals surface area contributed by atoms with Gasteiger partial charge in [-0.25, -0.2) is 4.21 Å². The van der Waals surface area contributed by atoms with Crippen LogP contribution < -0.4 is 0 Å².